The monoisotopic (exact) mass is 603 g/mol. The molecule has 1 atom stereocenters. The molecule has 0 aliphatic heterocycles. The van der Waals surface area contributed by atoms with Crippen LogP contribution in [0, 0.1) is 0 Å². The Morgan fingerprint density at radius 2 is 1.74 bits per heavy atom. The Hall–Kier alpha value is -1.88. The van der Waals surface area contributed by atoms with E-state index in [1.54, 1.807) is 18.6 Å². The molecule has 3 aromatic rings. The van der Waals surface area contributed by atoms with E-state index < -0.39 is 24.4 Å². The largest absolute Gasteiger partial charge is 0.598 e. The predicted molar refractivity (Wildman–Crippen MR) is 165 cm³/mol. The van der Waals surface area contributed by atoms with Crippen molar-refractivity contribution in [2.45, 2.75) is 87.3 Å². The summed E-state index contributed by atoms with van der Waals surface area (Å²) in [6.45, 7) is 16.6. The standard InChI is InChI=1S/C29H38ClN3O3S2Si/c1-28(2,3)38(35)33-19-23-22(20-13-16-31-17-14-20)11-12-24(30)26(23)37-27-21(10-9-15-32-27)18-25(34)36-39(7,8)29(4,5)6/h9-17,33H,18-19H2,1-8H3. The molecule has 0 aliphatic rings. The number of carbonyl (C=O) groups excluding carboxylic acids is 1. The van der Waals surface area contributed by atoms with Crippen LogP contribution in [0.5, 0.6) is 0 Å². The van der Waals surface area contributed by atoms with Gasteiger partial charge < -0.3 is 8.98 Å². The summed E-state index contributed by atoms with van der Waals surface area (Å²) in [6.07, 6.45) is 5.31. The minimum atomic E-state index is -2.25. The van der Waals surface area contributed by atoms with Crippen LogP contribution in [0.15, 0.2) is 64.9 Å². The van der Waals surface area contributed by atoms with Gasteiger partial charge in [0, 0.05) is 34.8 Å². The van der Waals surface area contributed by atoms with Crippen molar-refractivity contribution in [2.75, 3.05) is 0 Å². The second-order valence-corrected chi connectivity index (χ2v) is 20.0. The third kappa shape index (κ3) is 8.31. The van der Waals surface area contributed by atoms with E-state index in [9.17, 15) is 9.35 Å². The molecule has 0 amide bonds. The first kappa shape index (κ1) is 31.6. The number of benzene rings is 1. The van der Waals surface area contributed by atoms with Gasteiger partial charge >= 0.3 is 0 Å². The summed E-state index contributed by atoms with van der Waals surface area (Å²) in [6, 6.07) is 11.4. The third-order valence-corrected chi connectivity index (χ3v) is 14.2. The number of pyridine rings is 2. The normalized spacial score (nSPS) is 13.3. The molecule has 0 aliphatic carbocycles. The Balaban J connectivity index is 1.99. The number of halogens is 1. The van der Waals surface area contributed by atoms with Gasteiger partial charge in [-0.3, -0.25) is 9.78 Å². The SMILES string of the molecule is CC(C)(C)[S+]([O-])NCc1c(-c2ccncc2)ccc(Cl)c1Sc1ncccc1CC(=O)O[Si](C)(C)C(C)(C)C. The average molecular weight is 604 g/mol. The Kier molecular flexibility index (Phi) is 10.3. The molecule has 0 fully saturated rings. The van der Waals surface area contributed by atoms with Crippen LogP contribution < -0.4 is 4.72 Å². The van der Waals surface area contributed by atoms with Gasteiger partial charge in [0.15, 0.2) is 0 Å². The highest BCUT2D eigenvalue weighted by Gasteiger charge is 2.40. The second-order valence-electron chi connectivity index (χ2n) is 11.8. The summed E-state index contributed by atoms with van der Waals surface area (Å²) in [5, 5.41) is 1.15. The van der Waals surface area contributed by atoms with Crippen molar-refractivity contribution in [1.29, 1.82) is 0 Å². The fraction of sp³-hybridized carbons (Fsp3) is 0.414. The molecule has 10 heteroatoms. The van der Waals surface area contributed by atoms with E-state index in [1.165, 1.54) is 11.8 Å². The number of aromatic nitrogens is 2. The lowest BCUT2D eigenvalue weighted by atomic mass is 10.0. The van der Waals surface area contributed by atoms with Crippen LogP contribution >= 0.6 is 23.4 Å². The lowest BCUT2D eigenvalue weighted by Crippen LogP contribution is -2.43. The number of hydrogen-bond acceptors (Lipinski definition) is 7. The van der Waals surface area contributed by atoms with E-state index in [0.717, 1.165) is 27.1 Å². The highest BCUT2D eigenvalue weighted by molar-refractivity contribution is 7.99. The van der Waals surface area contributed by atoms with Crippen molar-refractivity contribution in [3.63, 3.8) is 0 Å². The summed E-state index contributed by atoms with van der Waals surface area (Å²) < 4.78 is 21.7. The molecular formula is C29H38ClN3O3S2Si. The Labute approximate surface area is 246 Å². The molecule has 1 N–H and O–H groups in total. The fourth-order valence-electron chi connectivity index (χ4n) is 3.42. The maximum absolute atomic E-state index is 13.0. The fourth-order valence-corrected chi connectivity index (χ4v) is 6.42. The molecule has 0 spiro atoms. The Bertz CT molecular complexity index is 1300. The topological polar surface area (TPSA) is 87.2 Å². The summed E-state index contributed by atoms with van der Waals surface area (Å²) in [4.78, 5) is 22.6. The average Bonchev–Trinajstić information content (AvgIpc) is 2.84. The molecule has 2 heterocycles. The number of nitrogens with one attached hydrogen (secondary N) is 1. The molecule has 39 heavy (non-hydrogen) atoms. The zero-order valence-electron chi connectivity index (χ0n) is 23.9. The first-order valence-corrected chi connectivity index (χ1v) is 18.1. The van der Waals surface area contributed by atoms with E-state index in [2.05, 4.69) is 48.6 Å². The van der Waals surface area contributed by atoms with E-state index in [0.29, 0.717) is 16.6 Å². The molecule has 0 bridgehead atoms. The Morgan fingerprint density at radius 3 is 2.36 bits per heavy atom. The molecule has 210 valence electrons. The van der Waals surface area contributed by atoms with Crippen molar-refractivity contribution in [1.82, 2.24) is 14.7 Å². The highest BCUT2D eigenvalue weighted by Crippen LogP contribution is 2.42. The quantitative estimate of drug-likeness (QED) is 0.199. The van der Waals surface area contributed by atoms with Crippen molar-refractivity contribution >= 4 is 49.0 Å². The maximum Gasteiger partial charge on any atom is 0.297 e. The van der Waals surface area contributed by atoms with Crippen molar-refractivity contribution in [3.05, 3.63) is 71.1 Å². The van der Waals surface area contributed by atoms with Crippen LogP contribution in [-0.4, -0.2) is 33.6 Å². The lowest BCUT2D eigenvalue weighted by Gasteiger charge is -2.35. The molecule has 6 nitrogen and oxygen atoms in total. The smallest absolute Gasteiger partial charge is 0.297 e. The van der Waals surface area contributed by atoms with Gasteiger partial charge in [0.1, 0.15) is 9.77 Å². The van der Waals surface area contributed by atoms with Gasteiger partial charge in [-0.25, -0.2) is 4.98 Å². The van der Waals surface area contributed by atoms with Crippen LogP contribution in [0.2, 0.25) is 23.2 Å². The first-order chi connectivity index (χ1) is 18.1. The van der Waals surface area contributed by atoms with Crippen LogP contribution in [0.1, 0.15) is 52.7 Å². The molecule has 2 aromatic heterocycles. The van der Waals surface area contributed by atoms with Crippen molar-refractivity contribution in [2.24, 2.45) is 0 Å². The van der Waals surface area contributed by atoms with Crippen molar-refractivity contribution in [3.8, 4) is 11.1 Å². The van der Waals surface area contributed by atoms with Crippen LogP contribution in [0.4, 0.5) is 0 Å². The summed E-state index contributed by atoms with van der Waals surface area (Å²) >= 11 is 6.91. The van der Waals surface area contributed by atoms with E-state index in [-0.39, 0.29) is 17.4 Å². The Morgan fingerprint density at radius 1 is 1.08 bits per heavy atom. The van der Waals surface area contributed by atoms with Crippen LogP contribution in [0.3, 0.4) is 0 Å². The van der Waals surface area contributed by atoms with Gasteiger partial charge in [0.25, 0.3) is 14.3 Å². The molecule has 0 radical (unpaired) electrons. The summed E-state index contributed by atoms with van der Waals surface area (Å²) in [5.74, 6) is -0.254. The number of hydrogen-bond donors (Lipinski definition) is 1. The van der Waals surface area contributed by atoms with Crippen LogP contribution in [-0.2, 0) is 33.5 Å². The lowest BCUT2D eigenvalue weighted by molar-refractivity contribution is -0.134. The number of carbonyl (C=O) groups is 1. The molecule has 1 aromatic carbocycles. The van der Waals surface area contributed by atoms with Crippen molar-refractivity contribution < 1.29 is 13.8 Å². The molecule has 0 saturated heterocycles. The van der Waals surface area contributed by atoms with Gasteiger partial charge in [0.05, 0.1) is 18.0 Å². The second kappa shape index (κ2) is 12.7. The number of rotatable bonds is 9. The van der Waals surface area contributed by atoms with Gasteiger partial charge in [-0.1, -0.05) is 56.3 Å². The number of nitrogens with zero attached hydrogens (tertiary/aromatic N) is 2. The van der Waals surface area contributed by atoms with Gasteiger partial charge in [-0.2, -0.15) is 0 Å². The summed E-state index contributed by atoms with van der Waals surface area (Å²) in [7, 11) is -2.25. The molecule has 0 saturated carbocycles. The van der Waals surface area contributed by atoms with Gasteiger partial charge in [-0.15, -0.1) is 4.72 Å². The van der Waals surface area contributed by atoms with E-state index in [4.69, 9.17) is 16.0 Å². The summed E-state index contributed by atoms with van der Waals surface area (Å²) in [5.41, 5.74) is 3.60. The zero-order chi connectivity index (χ0) is 29.0. The first-order valence-electron chi connectivity index (χ1n) is 12.8. The van der Waals surface area contributed by atoms with E-state index in [1.807, 2.05) is 57.2 Å². The minimum Gasteiger partial charge on any atom is -0.598 e. The van der Waals surface area contributed by atoms with Crippen LogP contribution in [0.25, 0.3) is 11.1 Å². The minimum absolute atomic E-state index is 0.0782. The molecule has 1 unspecified atom stereocenters. The molecule has 3 rings (SSSR count). The van der Waals surface area contributed by atoms with Gasteiger partial charge in [0.2, 0.25) is 0 Å². The molecular weight excluding hydrogens is 566 g/mol. The predicted octanol–water partition coefficient (Wildman–Crippen LogP) is 7.59. The highest BCUT2D eigenvalue weighted by atomic mass is 35.5. The maximum atomic E-state index is 13.0. The van der Waals surface area contributed by atoms with E-state index >= 15 is 0 Å². The third-order valence-electron chi connectivity index (χ3n) is 6.70. The zero-order valence-corrected chi connectivity index (χ0v) is 27.3. The van der Waals surface area contributed by atoms with Gasteiger partial charge in [-0.05, 0) is 85.4 Å².